The summed E-state index contributed by atoms with van der Waals surface area (Å²) in [5.41, 5.74) is 7.75. The molecule has 1 amide bonds. The van der Waals surface area contributed by atoms with Gasteiger partial charge in [-0.15, -0.1) is 0 Å². The summed E-state index contributed by atoms with van der Waals surface area (Å²) >= 11 is 0. The molecule has 3 aromatic rings. The van der Waals surface area contributed by atoms with Crippen LogP contribution in [0.25, 0.3) is 11.1 Å². The van der Waals surface area contributed by atoms with Gasteiger partial charge < -0.3 is 16.2 Å². The first-order valence-electron chi connectivity index (χ1n) is 8.32. The molecule has 28 heavy (non-hydrogen) atoms. The number of carbonyl (C=O) groups excluding carboxylic acids is 1. The molecule has 4 N–H and O–H groups in total. The van der Waals surface area contributed by atoms with E-state index in [1.165, 1.54) is 10.9 Å². The van der Waals surface area contributed by atoms with E-state index in [-0.39, 0.29) is 18.2 Å². The highest BCUT2D eigenvalue weighted by Crippen LogP contribution is 2.26. The molecule has 3 rings (SSSR count). The summed E-state index contributed by atoms with van der Waals surface area (Å²) in [7, 11) is 0. The lowest BCUT2D eigenvalue weighted by Crippen LogP contribution is -2.32. The summed E-state index contributed by atoms with van der Waals surface area (Å²) in [4.78, 5) is 18.7. The number of rotatable bonds is 7. The predicted molar refractivity (Wildman–Crippen MR) is 97.9 cm³/mol. The monoisotopic (exact) mass is 388 g/mol. The maximum absolute atomic E-state index is 12.8. The Bertz CT molecular complexity index is 992. The number of primary amides is 1. The average molecular weight is 388 g/mol. The number of halogens is 2. The van der Waals surface area contributed by atoms with Gasteiger partial charge in [0.2, 0.25) is 11.9 Å². The lowest BCUT2D eigenvalue weighted by molar-refractivity contribution is -0.126. The maximum atomic E-state index is 12.8. The fourth-order valence-electron chi connectivity index (χ4n) is 2.59. The number of hydrogen-bond acceptors (Lipinski definition) is 6. The van der Waals surface area contributed by atoms with Crippen molar-refractivity contribution in [3.8, 4) is 11.1 Å². The fraction of sp³-hybridized carbons (Fsp3) is 0.222. The molecule has 1 aromatic carbocycles. The Hall–Kier alpha value is -3.40. The van der Waals surface area contributed by atoms with E-state index in [0.717, 1.165) is 22.8 Å². The Kier molecular flexibility index (Phi) is 5.59. The van der Waals surface area contributed by atoms with E-state index in [2.05, 4.69) is 20.4 Å². The number of aromatic nitrogens is 4. The molecule has 0 saturated heterocycles. The first-order valence-corrected chi connectivity index (χ1v) is 8.32. The molecule has 146 valence electrons. The van der Waals surface area contributed by atoms with Crippen LogP contribution >= 0.6 is 0 Å². The van der Waals surface area contributed by atoms with E-state index in [1.54, 1.807) is 18.5 Å². The number of nitrogens with zero attached hydrogens (tertiary/aromatic N) is 4. The van der Waals surface area contributed by atoms with Crippen LogP contribution in [0.5, 0.6) is 0 Å². The van der Waals surface area contributed by atoms with E-state index in [4.69, 9.17) is 5.73 Å². The molecule has 2 heterocycles. The average Bonchev–Trinajstić information content (AvgIpc) is 3.10. The molecule has 0 saturated carbocycles. The van der Waals surface area contributed by atoms with Crippen LogP contribution in [0.1, 0.15) is 17.7 Å². The van der Waals surface area contributed by atoms with Crippen LogP contribution in [-0.4, -0.2) is 36.9 Å². The van der Waals surface area contributed by atoms with Crippen LogP contribution in [0, 0.1) is 6.92 Å². The van der Waals surface area contributed by atoms with Crippen molar-refractivity contribution < 1.29 is 18.7 Å². The molecule has 0 aliphatic heterocycles. The molecule has 0 aliphatic carbocycles. The van der Waals surface area contributed by atoms with Gasteiger partial charge in [0.1, 0.15) is 5.69 Å². The van der Waals surface area contributed by atoms with Gasteiger partial charge in [-0.2, -0.15) is 5.10 Å². The summed E-state index contributed by atoms with van der Waals surface area (Å²) in [6.07, 6.45) is 0.500. The number of aryl methyl sites for hydroxylation is 1. The lowest BCUT2D eigenvalue weighted by atomic mass is 10.1. The standard InChI is InChI=1S/C18H18F2N6O2/c1-10-4-11(12-7-23-26(8-12)9-15(27)17(21)28)6-13(5-10)24-18-22-3-2-14(25-18)16(19)20/h2-8,15-16,27H,9H2,1H3,(H2,21,28)(H,22,24,25). The van der Waals surface area contributed by atoms with Crippen LogP contribution in [0.15, 0.2) is 42.9 Å². The number of nitrogens with one attached hydrogen (secondary N) is 1. The number of benzene rings is 1. The maximum Gasteiger partial charge on any atom is 0.280 e. The zero-order valence-electron chi connectivity index (χ0n) is 14.9. The number of aliphatic hydroxyl groups excluding tert-OH is 1. The number of hydrogen-bond donors (Lipinski definition) is 3. The molecule has 2 aromatic heterocycles. The Morgan fingerprint density at radius 2 is 2.11 bits per heavy atom. The van der Waals surface area contributed by atoms with Gasteiger partial charge in [-0.3, -0.25) is 9.48 Å². The third kappa shape index (κ3) is 4.65. The third-order valence-corrected chi connectivity index (χ3v) is 3.89. The molecular formula is C18H18F2N6O2. The molecule has 10 heteroatoms. The Morgan fingerprint density at radius 3 is 2.82 bits per heavy atom. The normalized spacial score (nSPS) is 12.2. The molecule has 0 fully saturated rings. The summed E-state index contributed by atoms with van der Waals surface area (Å²) in [5, 5.41) is 16.6. The van der Waals surface area contributed by atoms with E-state index < -0.39 is 18.4 Å². The van der Waals surface area contributed by atoms with Gasteiger partial charge in [0.05, 0.1) is 12.7 Å². The summed E-state index contributed by atoms with van der Waals surface area (Å²) in [5.74, 6) is -0.764. The van der Waals surface area contributed by atoms with Crippen molar-refractivity contribution in [3.05, 3.63) is 54.1 Å². The zero-order chi connectivity index (χ0) is 20.3. The Balaban J connectivity index is 1.83. The van der Waals surface area contributed by atoms with Crippen molar-refractivity contribution in [2.24, 2.45) is 5.73 Å². The van der Waals surface area contributed by atoms with Gasteiger partial charge in [-0.1, -0.05) is 6.07 Å². The van der Waals surface area contributed by atoms with Crippen LogP contribution in [0.4, 0.5) is 20.4 Å². The van der Waals surface area contributed by atoms with Crippen molar-refractivity contribution in [2.75, 3.05) is 5.32 Å². The molecule has 0 bridgehead atoms. The minimum atomic E-state index is -2.68. The Labute approximate surface area is 159 Å². The van der Waals surface area contributed by atoms with Crippen LogP contribution in [0.2, 0.25) is 0 Å². The van der Waals surface area contributed by atoms with Gasteiger partial charge in [-0.05, 0) is 36.2 Å². The van der Waals surface area contributed by atoms with E-state index >= 15 is 0 Å². The highest BCUT2D eigenvalue weighted by molar-refractivity contribution is 5.78. The SMILES string of the molecule is Cc1cc(Nc2nccc(C(F)F)n2)cc(-c2cnn(CC(O)C(N)=O)c2)c1. The van der Waals surface area contributed by atoms with E-state index in [0.29, 0.717) is 5.69 Å². The second-order valence-electron chi connectivity index (χ2n) is 6.19. The molecule has 8 nitrogen and oxygen atoms in total. The molecule has 0 spiro atoms. The van der Waals surface area contributed by atoms with Gasteiger partial charge in [-0.25, -0.2) is 18.7 Å². The quantitative estimate of drug-likeness (QED) is 0.571. The van der Waals surface area contributed by atoms with Gasteiger partial charge in [0, 0.05) is 23.6 Å². The molecule has 0 radical (unpaired) electrons. The highest BCUT2D eigenvalue weighted by Gasteiger charge is 2.13. The second-order valence-corrected chi connectivity index (χ2v) is 6.19. The summed E-state index contributed by atoms with van der Waals surface area (Å²) in [6.45, 7) is 1.83. The van der Waals surface area contributed by atoms with Gasteiger partial charge in [0.15, 0.2) is 6.10 Å². The molecule has 1 atom stereocenters. The lowest BCUT2D eigenvalue weighted by Gasteiger charge is -2.09. The number of nitrogens with two attached hydrogens (primary N) is 1. The third-order valence-electron chi connectivity index (χ3n) is 3.89. The van der Waals surface area contributed by atoms with E-state index in [9.17, 15) is 18.7 Å². The Morgan fingerprint density at radius 1 is 1.32 bits per heavy atom. The van der Waals surface area contributed by atoms with Crippen molar-refractivity contribution in [1.29, 1.82) is 0 Å². The number of aliphatic hydroxyl groups is 1. The van der Waals surface area contributed by atoms with Crippen LogP contribution < -0.4 is 11.1 Å². The molecular weight excluding hydrogens is 370 g/mol. The minimum Gasteiger partial charge on any atom is -0.381 e. The first kappa shape index (κ1) is 19.4. The highest BCUT2D eigenvalue weighted by atomic mass is 19.3. The second kappa shape index (κ2) is 8.09. The predicted octanol–water partition coefficient (Wildman–Crippen LogP) is 2.18. The van der Waals surface area contributed by atoms with Crippen molar-refractivity contribution in [1.82, 2.24) is 19.7 Å². The van der Waals surface area contributed by atoms with Crippen molar-refractivity contribution >= 4 is 17.5 Å². The van der Waals surface area contributed by atoms with Gasteiger partial charge in [0.25, 0.3) is 6.43 Å². The fourth-order valence-corrected chi connectivity index (χ4v) is 2.59. The van der Waals surface area contributed by atoms with Crippen molar-refractivity contribution in [2.45, 2.75) is 26.0 Å². The molecule has 1 unspecified atom stereocenters. The van der Waals surface area contributed by atoms with Crippen LogP contribution in [-0.2, 0) is 11.3 Å². The summed E-state index contributed by atoms with van der Waals surface area (Å²) in [6, 6.07) is 6.68. The smallest absolute Gasteiger partial charge is 0.280 e. The first-order chi connectivity index (χ1) is 13.3. The van der Waals surface area contributed by atoms with Gasteiger partial charge >= 0.3 is 0 Å². The zero-order valence-corrected chi connectivity index (χ0v) is 14.9. The van der Waals surface area contributed by atoms with Crippen LogP contribution in [0.3, 0.4) is 0 Å². The number of alkyl halides is 2. The largest absolute Gasteiger partial charge is 0.381 e. The van der Waals surface area contributed by atoms with E-state index in [1.807, 2.05) is 19.1 Å². The van der Waals surface area contributed by atoms with Crippen molar-refractivity contribution in [3.63, 3.8) is 0 Å². The number of carbonyl (C=O) groups is 1. The minimum absolute atomic E-state index is 0.0550. The topological polar surface area (TPSA) is 119 Å². The number of anilines is 2. The number of amides is 1. The summed E-state index contributed by atoms with van der Waals surface area (Å²) < 4.78 is 27.0. The molecule has 0 aliphatic rings.